The van der Waals surface area contributed by atoms with Gasteiger partial charge in [-0.05, 0) is 25.8 Å². The number of hydrogen-bond donors (Lipinski definition) is 1. The molecule has 1 atom stereocenters. The maximum atomic E-state index is 5.72. The fraction of sp³-hybridized carbons (Fsp3) is 0.769. The molecule has 4 heteroatoms. The van der Waals surface area contributed by atoms with E-state index < -0.39 is 0 Å². The van der Waals surface area contributed by atoms with E-state index in [4.69, 9.17) is 9.72 Å². The Morgan fingerprint density at radius 3 is 3.00 bits per heavy atom. The summed E-state index contributed by atoms with van der Waals surface area (Å²) in [5.74, 6) is 0. The number of nitrogens with one attached hydrogen (secondary N) is 1. The third kappa shape index (κ3) is 3.27. The molecule has 17 heavy (non-hydrogen) atoms. The molecule has 1 aliphatic heterocycles. The molecule has 0 aromatic carbocycles. The minimum Gasteiger partial charge on any atom is -0.371 e. The molecule has 1 aromatic heterocycles. The predicted octanol–water partition coefficient (Wildman–Crippen LogP) is 3.06. The highest BCUT2D eigenvalue weighted by Gasteiger charge is 2.22. The highest BCUT2D eigenvalue weighted by Crippen LogP contribution is 2.33. The van der Waals surface area contributed by atoms with Crippen molar-refractivity contribution in [2.24, 2.45) is 0 Å². The average Bonchev–Trinajstić information content (AvgIpc) is 2.95. The van der Waals surface area contributed by atoms with E-state index in [0.29, 0.717) is 0 Å². The number of aromatic nitrogens is 1. The third-order valence-corrected chi connectivity index (χ3v) is 4.21. The molecule has 2 rings (SSSR count). The molecule has 0 aliphatic carbocycles. The second kappa shape index (κ2) is 6.47. The summed E-state index contributed by atoms with van der Waals surface area (Å²) < 4.78 is 5.72. The summed E-state index contributed by atoms with van der Waals surface area (Å²) in [6, 6.07) is 0. The minimum absolute atomic E-state index is 0.269. The van der Waals surface area contributed by atoms with Crippen molar-refractivity contribution >= 4 is 11.3 Å². The van der Waals surface area contributed by atoms with Gasteiger partial charge in [0.2, 0.25) is 0 Å². The van der Waals surface area contributed by atoms with Crippen LogP contribution in [0.4, 0.5) is 0 Å². The van der Waals surface area contributed by atoms with Crippen molar-refractivity contribution in [2.45, 2.75) is 52.2 Å². The van der Waals surface area contributed by atoms with Gasteiger partial charge in [0.15, 0.2) is 0 Å². The molecular weight excluding hydrogens is 232 g/mol. The Bertz CT molecular complexity index is 345. The highest BCUT2D eigenvalue weighted by atomic mass is 32.1. The van der Waals surface area contributed by atoms with Gasteiger partial charge in [0.05, 0.1) is 5.69 Å². The van der Waals surface area contributed by atoms with Crippen LogP contribution in [0.3, 0.4) is 0 Å². The average molecular weight is 254 g/mol. The van der Waals surface area contributed by atoms with Gasteiger partial charge in [-0.2, -0.15) is 0 Å². The topological polar surface area (TPSA) is 34.1 Å². The molecule has 1 unspecified atom stereocenters. The number of ether oxygens (including phenoxy) is 1. The normalized spacial score (nSPS) is 20.0. The Balaban J connectivity index is 2.11. The Labute approximate surface area is 108 Å². The van der Waals surface area contributed by atoms with Crippen LogP contribution in [-0.4, -0.2) is 18.1 Å². The van der Waals surface area contributed by atoms with Crippen molar-refractivity contribution in [3.05, 3.63) is 15.6 Å². The van der Waals surface area contributed by atoms with Crippen LogP contribution in [0, 0.1) is 0 Å². The van der Waals surface area contributed by atoms with Crippen LogP contribution in [0.5, 0.6) is 0 Å². The lowest BCUT2D eigenvalue weighted by molar-refractivity contribution is 0.111. The second-order valence-electron chi connectivity index (χ2n) is 4.45. The first-order valence-corrected chi connectivity index (χ1v) is 7.47. The first-order valence-electron chi connectivity index (χ1n) is 6.66. The first kappa shape index (κ1) is 13.0. The predicted molar refractivity (Wildman–Crippen MR) is 71.4 cm³/mol. The van der Waals surface area contributed by atoms with E-state index in [2.05, 4.69) is 19.2 Å². The molecular formula is C13H22N2OS. The number of aryl methyl sites for hydroxylation is 1. The lowest BCUT2D eigenvalue weighted by atomic mass is 10.2. The molecule has 1 aromatic rings. The standard InChI is InChI=1S/C13H22N2OS/c1-3-6-10-12(9-14-4-2)17-13(15-10)11-7-5-8-16-11/h11,14H,3-9H2,1-2H3. The molecule has 0 radical (unpaired) electrons. The summed E-state index contributed by atoms with van der Waals surface area (Å²) in [6.45, 7) is 7.22. The molecule has 0 amide bonds. The number of hydrogen-bond acceptors (Lipinski definition) is 4. The zero-order valence-electron chi connectivity index (χ0n) is 10.8. The third-order valence-electron chi connectivity index (χ3n) is 3.02. The fourth-order valence-electron chi connectivity index (χ4n) is 2.12. The zero-order valence-corrected chi connectivity index (χ0v) is 11.6. The van der Waals surface area contributed by atoms with Gasteiger partial charge in [-0.1, -0.05) is 20.3 Å². The Morgan fingerprint density at radius 1 is 1.47 bits per heavy atom. The summed E-state index contributed by atoms with van der Waals surface area (Å²) in [4.78, 5) is 6.19. The maximum Gasteiger partial charge on any atom is 0.122 e. The molecule has 0 saturated carbocycles. The van der Waals surface area contributed by atoms with E-state index in [1.807, 2.05) is 11.3 Å². The van der Waals surface area contributed by atoms with Gasteiger partial charge in [0.1, 0.15) is 11.1 Å². The molecule has 1 N–H and O–H groups in total. The van der Waals surface area contributed by atoms with Crippen LogP contribution in [-0.2, 0) is 17.7 Å². The fourth-order valence-corrected chi connectivity index (χ4v) is 3.29. The largest absolute Gasteiger partial charge is 0.371 e. The minimum atomic E-state index is 0.269. The van der Waals surface area contributed by atoms with Crippen LogP contribution < -0.4 is 5.32 Å². The Kier molecular flexibility index (Phi) is 4.95. The number of thiazole rings is 1. The van der Waals surface area contributed by atoms with Crippen molar-refractivity contribution in [1.29, 1.82) is 0 Å². The monoisotopic (exact) mass is 254 g/mol. The lowest BCUT2D eigenvalue weighted by Crippen LogP contribution is -2.11. The molecule has 3 nitrogen and oxygen atoms in total. The van der Waals surface area contributed by atoms with E-state index >= 15 is 0 Å². The van der Waals surface area contributed by atoms with Gasteiger partial charge in [-0.25, -0.2) is 4.98 Å². The zero-order chi connectivity index (χ0) is 12.1. The molecule has 1 fully saturated rings. The van der Waals surface area contributed by atoms with Gasteiger partial charge in [0, 0.05) is 18.0 Å². The summed E-state index contributed by atoms with van der Waals surface area (Å²) in [5.41, 5.74) is 1.28. The van der Waals surface area contributed by atoms with Gasteiger partial charge in [-0.3, -0.25) is 0 Å². The van der Waals surface area contributed by atoms with E-state index in [-0.39, 0.29) is 6.10 Å². The van der Waals surface area contributed by atoms with Gasteiger partial charge >= 0.3 is 0 Å². The van der Waals surface area contributed by atoms with Crippen molar-refractivity contribution < 1.29 is 4.74 Å². The van der Waals surface area contributed by atoms with Crippen LogP contribution >= 0.6 is 11.3 Å². The molecule has 96 valence electrons. The van der Waals surface area contributed by atoms with Crippen molar-refractivity contribution in [1.82, 2.24) is 10.3 Å². The van der Waals surface area contributed by atoms with Crippen LogP contribution in [0.25, 0.3) is 0 Å². The summed E-state index contributed by atoms with van der Waals surface area (Å²) in [7, 11) is 0. The first-order chi connectivity index (χ1) is 8.35. The van der Waals surface area contributed by atoms with E-state index in [1.165, 1.54) is 22.0 Å². The van der Waals surface area contributed by atoms with Crippen molar-refractivity contribution in [2.75, 3.05) is 13.2 Å². The summed E-state index contributed by atoms with van der Waals surface area (Å²) in [5, 5.41) is 4.59. The quantitative estimate of drug-likeness (QED) is 0.847. The molecule has 0 spiro atoms. The molecule has 2 heterocycles. The smallest absolute Gasteiger partial charge is 0.122 e. The summed E-state index contributed by atoms with van der Waals surface area (Å²) in [6.07, 6.45) is 4.83. The van der Waals surface area contributed by atoms with Crippen LogP contribution in [0.15, 0.2) is 0 Å². The Morgan fingerprint density at radius 2 is 2.35 bits per heavy atom. The van der Waals surface area contributed by atoms with Crippen LogP contribution in [0.1, 0.15) is 54.8 Å². The van der Waals surface area contributed by atoms with Gasteiger partial charge in [-0.15, -0.1) is 11.3 Å². The number of nitrogens with zero attached hydrogens (tertiary/aromatic N) is 1. The van der Waals surface area contributed by atoms with Gasteiger partial charge in [0.25, 0.3) is 0 Å². The SMILES string of the molecule is CCCc1nc(C2CCCO2)sc1CNCC. The lowest BCUT2D eigenvalue weighted by Gasteiger charge is -2.03. The van der Waals surface area contributed by atoms with Gasteiger partial charge < -0.3 is 10.1 Å². The molecule has 1 saturated heterocycles. The second-order valence-corrected chi connectivity index (χ2v) is 5.57. The number of rotatable bonds is 6. The van der Waals surface area contributed by atoms with Crippen molar-refractivity contribution in [3.8, 4) is 0 Å². The highest BCUT2D eigenvalue weighted by molar-refractivity contribution is 7.11. The maximum absolute atomic E-state index is 5.72. The van der Waals surface area contributed by atoms with E-state index in [9.17, 15) is 0 Å². The van der Waals surface area contributed by atoms with E-state index in [0.717, 1.165) is 39.0 Å². The summed E-state index contributed by atoms with van der Waals surface area (Å²) >= 11 is 1.84. The Hall–Kier alpha value is -0.450. The van der Waals surface area contributed by atoms with Crippen molar-refractivity contribution in [3.63, 3.8) is 0 Å². The molecule has 1 aliphatic rings. The van der Waals surface area contributed by atoms with Crippen LogP contribution in [0.2, 0.25) is 0 Å². The molecule has 0 bridgehead atoms. The van der Waals surface area contributed by atoms with E-state index in [1.54, 1.807) is 0 Å².